The van der Waals surface area contributed by atoms with Gasteiger partial charge in [0, 0.05) is 12.1 Å². The van der Waals surface area contributed by atoms with E-state index in [1.54, 1.807) is 19.1 Å². The molecule has 0 spiro atoms. The number of carbonyl (C=O) groups excluding carboxylic acids is 2. The number of hydrogen-bond donors (Lipinski definition) is 2. The van der Waals surface area contributed by atoms with Crippen molar-refractivity contribution in [2.75, 3.05) is 32.8 Å². The average molecular weight is 527 g/mol. The minimum Gasteiger partial charge on any atom is -0.507 e. The number of unbranched alkanes of at least 4 members (excludes halogenated alkanes) is 2. The van der Waals surface area contributed by atoms with Crippen LogP contribution < -0.4 is 4.74 Å². The van der Waals surface area contributed by atoms with E-state index in [0.29, 0.717) is 25.1 Å². The molecule has 8 heteroatoms. The van der Waals surface area contributed by atoms with Crippen molar-refractivity contribution in [2.24, 2.45) is 0 Å². The lowest BCUT2D eigenvalue weighted by atomic mass is 9.95. The first-order valence-corrected chi connectivity index (χ1v) is 13.5. The number of Topliss-reactive ketones (excluding diaryl/α,β-unsaturated/α-hetero) is 1. The Labute approximate surface area is 224 Å². The number of aliphatic hydroxyl groups is 1. The molecule has 0 bridgehead atoms. The van der Waals surface area contributed by atoms with Crippen molar-refractivity contribution < 1.29 is 28.9 Å². The monoisotopic (exact) mass is 526 g/mol. The van der Waals surface area contributed by atoms with Crippen molar-refractivity contribution in [2.45, 2.75) is 58.9 Å². The second kappa shape index (κ2) is 14.0. The van der Waals surface area contributed by atoms with E-state index in [4.69, 9.17) is 4.74 Å². The highest BCUT2D eigenvalue weighted by Crippen LogP contribution is 2.41. The molecule has 2 aromatic carbocycles. The third kappa shape index (κ3) is 6.92. The van der Waals surface area contributed by atoms with E-state index in [9.17, 15) is 24.2 Å². The van der Waals surface area contributed by atoms with Gasteiger partial charge in [0.05, 0.1) is 18.2 Å². The summed E-state index contributed by atoms with van der Waals surface area (Å²) in [6.45, 7) is 9.49. The van der Waals surface area contributed by atoms with E-state index in [-0.39, 0.29) is 28.4 Å². The molecular weight excluding hydrogens is 487 g/mol. The number of nitrogens with zero attached hydrogens (tertiary/aromatic N) is 2. The molecule has 1 unspecified atom stereocenters. The van der Waals surface area contributed by atoms with Crippen LogP contribution >= 0.6 is 0 Å². The number of aromatic hydroxyl groups is 1. The largest absolute Gasteiger partial charge is 0.507 e. The first-order chi connectivity index (χ1) is 18.3. The maximum Gasteiger partial charge on any atom is 0.295 e. The predicted octanol–water partition coefficient (Wildman–Crippen LogP) is 5.64. The molecule has 1 atom stereocenters. The molecule has 1 heterocycles. The van der Waals surface area contributed by atoms with E-state index in [1.807, 2.05) is 0 Å². The quantitative estimate of drug-likeness (QED) is 0.188. The van der Waals surface area contributed by atoms with Crippen LogP contribution in [-0.2, 0) is 9.59 Å². The second-order valence-electron chi connectivity index (χ2n) is 9.56. The fourth-order valence-corrected chi connectivity index (χ4v) is 4.76. The highest BCUT2D eigenvalue weighted by Gasteiger charge is 2.46. The van der Waals surface area contributed by atoms with Gasteiger partial charge in [-0.05, 0) is 87.8 Å². The van der Waals surface area contributed by atoms with Gasteiger partial charge in [0.2, 0.25) is 0 Å². The Hall–Kier alpha value is -3.39. The number of ketones is 1. The maximum atomic E-state index is 13.5. The van der Waals surface area contributed by atoms with Crippen molar-refractivity contribution in [3.63, 3.8) is 0 Å². The van der Waals surface area contributed by atoms with Gasteiger partial charge in [-0.15, -0.1) is 0 Å². The Morgan fingerprint density at radius 1 is 0.974 bits per heavy atom. The molecule has 3 rings (SSSR count). The minimum absolute atomic E-state index is 0.0615. The zero-order valence-electron chi connectivity index (χ0n) is 22.6. The minimum atomic E-state index is -0.875. The van der Waals surface area contributed by atoms with Gasteiger partial charge < -0.3 is 24.7 Å². The second-order valence-corrected chi connectivity index (χ2v) is 9.56. The van der Waals surface area contributed by atoms with E-state index in [0.717, 1.165) is 45.3 Å². The standard InChI is InChI=1S/C30H39FN2O5/c1-4-7-16-32(17-8-5-2)18-9-19-33-27(22-12-15-24(34)25(20-22)38-6-3)26(29(36)30(33)37)28(35)21-10-13-23(31)14-11-21/h10-15,20,27,34-35H,4-9,16-19H2,1-3H3/b28-26+. The fourth-order valence-electron chi connectivity index (χ4n) is 4.76. The molecule has 7 nitrogen and oxygen atoms in total. The zero-order valence-corrected chi connectivity index (χ0v) is 22.6. The summed E-state index contributed by atoms with van der Waals surface area (Å²) < 4.78 is 19.1. The number of amides is 1. The van der Waals surface area contributed by atoms with Crippen LogP contribution in [-0.4, -0.2) is 64.5 Å². The van der Waals surface area contributed by atoms with Crippen LogP contribution in [0.15, 0.2) is 48.0 Å². The molecule has 1 amide bonds. The van der Waals surface area contributed by atoms with Crippen LogP contribution in [0.4, 0.5) is 4.39 Å². The number of carbonyl (C=O) groups is 2. The molecule has 0 saturated carbocycles. The van der Waals surface area contributed by atoms with Crippen molar-refractivity contribution in [3.8, 4) is 11.5 Å². The normalized spacial score (nSPS) is 17.0. The summed E-state index contributed by atoms with van der Waals surface area (Å²) in [6.07, 6.45) is 5.05. The molecule has 38 heavy (non-hydrogen) atoms. The van der Waals surface area contributed by atoms with Crippen LogP contribution in [0.3, 0.4) is 0 Å². The van der Waals surface area contributed by atoms with Gasteiger partial charge in [-0.1, -0.05) is 32.8 Å². The SMILES string of the molecule is CCCCN(CCCC)CCCN1C(=O)C(=O)/C(=C(/O)c2ccc(F)cc2)C1c1ccc(O)c(OCC)c1. The molecular formula is C30H39FN2O5. The van der Waals surface area contributed by atoms with Gasteiger partial charge >= 0.3 is 0 Å². The van der Waals surface area contributed by atoms with Crippen LogP contribution in [0.2, 0.25) is 0 Å². The molecule has 0 radical (unpaired) electrons. The highest BCUT2D eigenvalue weighted by molar-refractivity contribution is 6.46. The molecule has 1 aliphatic heterocycles. The van der Waals surface area contributed by atoms with Crippen molar-refractivity contribution in [1.82, 2.24) is 9.80 Å². The average Bonchev–Trinajstić information content (AvgIpc) is 3.16. The van der Waals surface area contributed by atoms with Crippen LogP contribution in [0, 0.1) is 5.82 Å². The summed E-state index contributed by atoms with van der Waals surface area (Å²) in [5, 5.41) is 21.4. The lowest BCUT2D eigenvalue weighted by molar-refractivity contribution is -0.140. The van der Waals surface area contributed by atoms with Crippen molar-refractivity contribution in [1.29, 1.82) is 0 Å². The van der Waals surface area contributed by atoms with Crippen LogP contribution in [0.5, 0.6) is 11.5 Å². The Morgan fingerprint density at radius 2 is 1.61 bits per heavy atom. The van der Waals surface area contributed by atoms with Gasteiger partial charge in [-0.2, -0.15) is 0 Å². The fraction of sp³-hybridized carbons (Fsp3) is 0.467. The number of benzene rings is 2. The van der Waals surface area contributed by atoms with Gasteiger partial charge in [0.15, 0.2) is 11.5 Å². The lowest BCUT2D eigenvalue weighted by Crippen LogP contribution is -2.34. The Morgan fingerprint density at radius 3 is 2.21 bits per heavy atom. The summed E-state index contributed by atoms with van der Waals surface area (Å²) in [5.41, 5.74) is 0.704. The van der Waals surface area contributed by atoms with E-state index < -0.39 is 23.5 Å². The Balaban J connectivity index is 1.98. The van der Waals surface area contributed by atoms with Crippen molar-refractivity contribution in [3.05, 3.63) is 65.0 Å². The third-order valence-electron chi connectivity index (χ3n) is 6.79. The number of likely N-dealkylation sites (tertiary alicyclic amines) is 1. The molecule has 0 aromatic heterocycles. The topological polar surface area (TPSA) is 90.3 Å². The van der Waals surface area contributed by atoms with Crippen molar-refractivity contribution >= 4 is 17.4 Å². The molecule has 2 aromatic rings. The molecule has 206 valence electrons. The molecule has 2 N–H and O–H groups in total. The van der Waals surface area contributed by atoms with Gasteiger partial charge in [-0.25, -0.2) is 4.39 Å². The smallest absolute Gasteiger partial charge is 0.295 e. The number of hydrogen-bond acceptors (Lipinski definition) is 6. The first-order valence-electron chi connectivity index (χ1n) is 13.5. The van der Waals surface area contributed by atoms with E-state index in [1.165, 1.54) is 35.2 Å². The number of phenolic OH excluding ortho intramolecular Hbond substituents is 1. The lowest BCUT2D eigenvalue weighted by Gasteiger charge is -2.28. The van der Waals surface area contributed by atoms with Crippen LogP contribution in [0.25, 0.3) is 5.76 Å². The van der Waals surface area contributed by atoms with Gasteiger partial charge in [0.25, 0.3) is 11.7 Å². The molecule has 1 aliphatic rings. The van der Waals surface area contributed by atoms with Gasteiger partial charge in [-0.3, -0.25) is 9.59 Å². The first kappa shape index (κ1) is 29.2. The summed E-state index contributed by atoms with van der Waals surface area (Å²) in [6, 6.07) is 8.91. The number of ether oxygens (including phenoxy) is 1. The molecule has 0 aliphatic carbocycles. The highest BCUT2D eigenvalue weighted by atomic mass is 19.1. The van der Waals surface area contributed by atoms with Crippen LogP contribution in [0.1, 0.15) is 70.0 Å². The van der Waals surface area contributed by atoms with E-state index >= 15 is 0 Å². The summed E-state index contributed by atoms with van der Waals surface area (Å²) in [7, 11) is 0. The van der Waals surface area contributed by atoms with Gasteiger partial charge in [0.1, 0.15) is 11.6 Å². The predicted molar refractivity (Wildman–Crippen MR) is 146 cm³/mol. The van der Waals surface area contributed by atoms with E-state index in [2.05, 4.69) is 18.7 Å². The summed E-state index contributed by atoms with van der Waals surface area (Å²) in [5.74, 6) is -2.17. The maximum absolute atomic E-state index is 13.5. The summed E-state index contributed by atoms with van der Waals surface area (Å²) >= 11 is 0. The molecule has 1 fully saturated rings. The third-order valence-corrected chi connectivity index (χ3v) is 6.79. The Kier molecular flexibility index (Phi) is 10.7. The summed E-state index contributed by atoms with van der Waals surface area (Å²) in [4.78, 5) is 30.4. The zero-order chi connectivity index (χ0) is 27.7. The number of aliphatic hydroxyl groups excluding tert-OH is 1. The molecule has 1 saturated heterocycles. The number of halogens is 1. The number of phenols is 1. The number of rotatable bonds is 14. The Bertz CT molecular complexity index is 1120.